The summed E-state index contributed by atoms with van der Waals surface area (Å²) in [5.74, 6) is 1.83. The summed E-state index contributed by atoms with van der Waals surface area (Å²) in [6.45, 7) is 3.31. The van der Waals surface area contributed by atoms with Crippen molar-refractivity contribution in [3.05, 3.63) is 23.2 Å². The van der Waals surface area contributed by atoms with Gasteiger partial charge in [-0.15, -0.1) is 10.2 Å². The van der Waals surface area contributed by atoms with Crippen LogP contribution in [0.2, 0.25) is 0 Å². The standard InChI is InChI=1S/C14H19N3O3S/c1-4-8-15-14-17-16-12(21-14)9-20-13-10(18-2)6-5-7-11(13)19-3/h5-7H,4,8-9H2,1-3H3,(H,15,17). The normalized spacial score (nSPS) is 10.2. The van der Waals surface area contributed by atoms with Gasteiger partial charge in [0.15, 0.2) is 16.5 Å². The molecule has 1 heterocycles. The molecule has 114 valence electrons. The van der Waals surface area contributed by atoms with Crippen molar-refractivity contribution < 1.29 is 14.2 Å². The third-order valence-electron chi connectivity index (χ3n) is 2.72. The largest absolute Gasteiger partial charge is 0.493 e. The summed E-state index contributed by atoms with van der Waals surface area (Å²) in [5.41, 5.74) is 0. The van der Waals surface area contributed by atoms with Gasteiger partial charge >= 0.3 is 0 Å². The Hall–Kier alpha value is -2.02. The minimum atomic E-state index is 0.322. The van der Waals surface area contributed by atoms with Gasteiger partial charge in [-0.05, 0) is 18.6 Å². The average Bonchev–Trinajstić information content (AvgIpc) is 2.98. The first-order valence-corrected chi connectivity index (χ1v) is 7.50. The predicted molar refractivity (Wildman–Crippen MR) is 82.6 cm³/mol. The van der Waals surface area contributed by atoms with Crippen LogP contribution < -0.4 is 19.5 Å². The second-order valence-electron chi connectivity index (χ2n) is 4.21. The monoisotopic (exact) mass is 309 g/mol. The van der Waals surface area contributed by atoms with Gasteiger partial charge in [0.05, 0.1) is 14.2 Å². The summed E-state index contributed by atoms with van der Waals surface area (Å²) >= 11 is 1.48. The summed E-state index contributed by atoms with van der Waals surface area (Å²) < 4.78 is 16.4. The fraction of sp³-hybridized carbons (Fsp3) is 0.429. The van der Waals surface area contributed by atoms with E-state index in [4.69, 9.17) is 14.2 Å². The molecular formula is C14H19N3O3S. The van der Waals surface area contributed by atoms with Crippen LogP contribution in [0.15, 0.2) is 18.2 Å². The number of para-hydroxylation sites is 1. The van der Waals surface area contributed by atoms with Crippen LogP contribution in [0.3, 0.4) is 0 Å². The van der Waals surface area contributed by atoms with E-state index in [-0.39, 0.29) is 0 Å². The molecule has 6 nitrogen and oxygen atoms in total. The SMILES string of the molecule is CCCNc1nnc(COc2c(OC)cccc2OC)s1. The van der Waals surface area contributed by atoms with E-state index < -0.39 is 0 Å². The summed E-state index contributed by atoms with van der Waals surface area (Å²) in [7, 11) is 3.19. The third-order valence-corrected chi connectivity index (χ3v) is 3.57. The fourth-order valence-electron chi connectivity index (χ4n) is 1.71. The highest BCUT2D eigenvalue weighted by atomic mass is 32.1. The Morgan fingerprint density at radius 2 is 1.86 bits per heavy atom. The first-order chi connectivity index (χ1) is 10.3. The van der Waals surface area contributed by atoms with Crippen LogP contribution in [0.1, 0.15) is 18.4 Å². The van der Waals surface area contributed by atoms with Crippen molar-refractivity contribution in [3.63, 3.8) is 0 Å². The van der Waals surface area contributed by atoms with Gasteiger partial charge in [-0.3, -0.25) is 0 Å². The fourth-order valence-corrected chi connectivity index (χ4v) is 2.39. The maximum atomic E-state index is 5.78. The van der Waals surface area contributed by atoms with Gasteiger partial charge in [-0.1, -0.05) is 24.3 Å². The van der Waals surface area contributed by atoms with Crippen LogP contribution in [-0.4, -0.2) is 31.0 Å². The maximum Gasteiger partial charge on any atom is 0.205 e. The van der Waals surface area contributed by atoms with Gasteiger partial charge < -0.3 is 19.5 Å². The van der Waals surface area contributed by atoms with E-state index in [0.29, 0.717) is 23.9 Å². The molecule has 0 fully saturated rings. The summed E-state index contributed by atoms with van der Waals surface area (Å²) in [6, 6.07) is 5.50. The number of methoxy groups -OCH3 is 2. The molecule has 0 bridgehead atoms. The van der Waals surface area contributed by atoms with Crippen molar-refractivity contribution in [2.45, 2.75) is 20.0 Å². The number of anilines is 1. The van der Waals surface area contributed by atoms with Crippen molar-refractivity contribution >= 4 is 16.5 Å². The van der Waals surface area contributed by atoms with Crippen molar-refractivity contribution in [2.75, 3.05) is 26.1 Å². The highest BCUT2D eigenvalue weighted by Gasteiger charge is 2.12. The van der Waals surface area contributed by atoms with Crippen molar-refractivity contribution in [1.82, 2.24) is 10.2 Å². The van der Waals surface area contributed by atoms with Gasteiger partial charge in [-0.2, -0.15) is 0 Å². The minimum absolute atomic E-state index is 0.322. The Balaban J connectivity index is 2.04. The highest BCUT2D eigenvalue weighted by molar-refractivity contribution is 7.15. The quantitative estimate of drug-likeness (QED) is 0.809. The Kier molecular flexibility index (Phi) is 5.62. The van der Waals surface area contributed by atoms with E-state index in [2.05, 4.69) is 22.4 Å². The third kappa shape index (κ3) is 3.98. The lowest BCUT2D eigenvalue weighted by molar-refractivity contribution is 0.265. The molecule has 21 heavy (non-hydrogen) atoms. The molecule has 0 spiro atoms. The number of hydrogen-bond donors (Lipinski definition) is 1. The number of nitrogens with one attached hydrogen (secondary N) is 1. The zero-order chi connectivity index (χ0) is 15.1. The average molecular weight is 309 g/mol. The smallest absolute Gasteiger partial charge is 0.205 e. The van der Waals surface area contributed by atoms with Gasteiger partial charge in [0.25, 0.3) is 0 Å². The number of ether oxygens (including phenoxy) is 3. The molecule has 7 heteroatoms. The van der Waals surface area contributed by atoms with E-state index in [1.54, 1.807) is 14.2 Å². The van der Waals surface area contributed by atoms with E-state index in [1.807, 2.05) is 18.2 Å². The second kappa shape index (κ2) is 7.68. The van der Waals surface area contributed by atoms with Crippen LogP contribution >= 0.6 is 11.3 Å². The first kappa shape index (κ1) is 15.4. The Morgan fingerprint density at radius 1 is 1.14 bits per heavy atom. The van der Waals surface area contributed by atoms with E-state index in [1.165, 1.54) is 11.3 Å². The summed E-state index contributed by atoms with van der Waals surface area (Å²) in [6.07, 6.45) is 1.05. The molecule has 1 aromatic carbocycles. The van der Waals surface area contributed by atoms with Crippen molar-refractivity contribution in [1.29, 1.82) is 0 Å². The zero-order valence-corrected chi connectivity index (χ0v) is 13.2. The molecule has 0 aliphatic rings. The molecule has 0 amide bonds. The Morgan fingerprint density at radius 3 is 2.48 bits per heavy atom. The van der Waals surface area contributed by atoms with Crippen LogP contribution in [0.4, 0.5) is 5.13 Å². The first-order valence-electron chi connectivity index (χ1n) is 6.68. The highest BCUT2D eigenvalue weighted by Crippen LogP contribution is 2.37. The van der Waals surface area contributed by atoms with Crippen LogP contribution in [0.25, 0.3) is 0 Å². The van der Waals surface area contributed by atoms with Gasteiger partial charge in [0.1, 0.15) is 6.61 Å². The summed E-state index contributed by atoms with van der Waals surface area (Å²) in [4.78, 5) is 0. The molecule has 0 saturated heterocycles. The number of benzene rings is 1. The van der Waals surface area contributed by atoms with Crippen LogP contribution in [0, 0.1) is 0 Å². The van der Waals surface area contributed by atoms with Crippen molar-refractivity contribution in [2.24, 2.45) is 0 Å². The predicted octanol–water partition coefficient (Wildman–Crippen LogP) is 2.96. The molecule has 1 N–H and O–H groups in total. The van der Waals surface area contributed by atoms with E-state index >= 15 is 0 Å². The molecule has 0 unspecified atom stereocenters. The molecule has 1 aromatic heterocycles. The molecular weight excluding hydrogens is 290 g/mol. The second-order valence-corrected chi connectivity index (χ2v) is 5.27. The molecule has 0 aliphatic heterocycles. The lowest BCUT2D eigenvalue weighted by atomic mass is 10.3. The lowest BCUT2D eigenvalue weighted by Crippen LogP contribution is -1.99. The lowest BCUT2D eigenvalue weighted by Gasteiger charge is -2.12. The number of hydrogen-bond acceptors (Lipinski definition) is 7. The number of rotatable bonds is 8. The van der Waals surface area contributed by atoms with Crippen LogP contribution in [-0.2, 0) is 6.61 Å². The molecule has 0 radical (unpaired) electrons. The minimum Gasteiger partial charge on any atom is -0.493 e. The number of aromatic nitrogens is 2. The topological polar surface area (TPSA) is 65.5 Å². The zero-order valence-electron chi connectivity index (χ0n) is 12.4. The van der Waals surface area contributed by atoms with Gasteiger partial charge in [-0.25, -0.2) is 0 Å². The van der Waals surface area contributed by atoms with E-state index in [0.717, 1.165) is 23.1 Å². The molecule has 0 aliphatic carbocycles. The van der Waals surface area contributed by atoms with Gasteiger partial charge in [0.2, 0.25) is 10.9 Å². The molecule has 0 saturated carbocycles. The summed E-state index contributed by atoms with van der Waals surface area (Å²) in [5, 5.41) is 13.0. The molecule has 0 atom stereocenters. The Bertz CT molecular complexity index is 552. The number of nitrogens with zero attached hydrogens (tertiary/aromatic N) is 2. The Labute approximate surface area is 128 Å². The molecule has 2 aromatic rings. The maximum absolute atomic E-state index is 5.78. The van der Waals surface area contributed by atoms with Gasteiger partial charge in [0, 0.05) is 6.54 Å². The van der Waals surface area contributed by atoms with Crippen LogP contribution in [0.5, 0.6) is 17.2 Å². The van der Waals surface area contributed by atoms with Crippen molar-refractivity contribution in [3.8, 4) is 17.2 Å². The molecule has 2 rings (SSSR count). The van der Waals surface area contributed by atoms with E-state index in [9.17, 15) is 0 Å².